The second-order valence-corrected chi connectivity index (χ2v) is 9.78. The molecule has 38 heavy (non-hydrogen) atoms. The Morgan fingerprint density at radius 2 is 1.97 bits per heavy atom. The number of methoxy groups -OCH3 is 1. The minimum atomic E-state index is -1.30. The van der Waals surface area contributed by atoms with Gasteiger partial charge in [0.1, 0.15) is 11.6 Å². The van der Waals surface area contributed by atoms with Crippen molar-refractivity contribution in [2.75, 3.05) is 26.7 Å². The van der Waals surface area contributed by atoms with Gasteiger partial charge in [0.15, 0.2) is 11.6 Å². The number of carboxylic acid groups (broad SMARTS) is 1. The lowest BCUT2D eigenvalue weighted by Gasteiger charge is -2.38. The van der Waals surface area contributed by atoms with Gasteiger partial charge in [0.2, 0.25) is 0 Å². The Bertz CT molecular complexity index is 1410. The zero-order chi connectivity index (χ0) is 27.4. The predicted octanol–water partition coefficient (Wildman–Crippen LogP) is 5.35. The van der Waals surface area contributed by atoms with Crippen LogP contribution in [0.15, 0.2) is 36.5 Å². The van der Waals surface area contributed by atoms with Gasteiger partial charge in [-0.3, -0.25) is 14.7 Å². The average molecular weight is 547 g/mol. The van der Waals surface area contributed by atoms with Gasteiger partial charge in [-0.2, -0.15) is 0 Å². The Kier molecular flexibility index (Phi) is 8.46. The highest BCUT2D eigenvalue weighted by molar-refractivity contribution is 6.32. The fourth-order valence-electron chi connectivity index (χ4n) is 4.79. The van der Waals surface area contributed by atoms with Gasteiger partial charge >= 0.3 is 5.97 Å². The molecular weight excluding hydrogens is 521 g/mol. The van der Waals surface area contributed by atoms with Gasteiger partial charge in [-0.1, -0.05) is 23.4 Å². The molecule has 2 aromatic carbocycles. The molecular formula is C28H26ClF3N2O4. The average Bonchev–Trinajstić information content (AvgIpc) is 2.90. The maximum atomic E-state index is 13.8. The number of hydrogen-bond acceptors (Lipinski definition) is 5. The van der Waals surface area contributed by atoms with E-state index >= 15 is 0 Å². The Labute approximate surface area is 223 Å². The largest absolute Gasteiger partial charge is 0.497 e. The van der Waals surface area contributed by atoms with Crippen LogP contribution in [0.4, 0.5) is 13.2 Å². The number of carbonyl (C=O) groups is 1. The van der Waals surface area contributed by atoms with E-state index in [0.717, 1.165) is 6.07 Å². The summed E-state index contributed by atoms with van der Waals surface area (Å²) >= 11 is 6.39. The number of aliphatic hydroxyl groups excluding tert-OH is 1. The number of halogens is 4. The van der Waals surface area contributed by atoms with Crippen LogP contribution in [0.5, 0.6) is 5.75 Å². The summed E-state index contributed by atoms with van der Waals surface area (Å²) in [6.07, 6.45) is 1.48. The van der Waals surface area contributed by atoms with Gasteiger partial charge in [0.25, 0.3) is 0 Å². The first-order valence-electron chi connectivity index (χ1n) is 12.0. The van der Waals surface area contributed by atoms with Crippen LogP contribution in [0, 0.1) is 34.7 Å². The van der Waals surface area contributed by atoms with E-state index in [1.807, 2.05) is 4.90 Å². The van der Waals surface area contributed by atoms with E-state index in [-0.39, 0.29) is 30.0 Å². The van der Waals surface area contributed by atoms with Gasteiger partial charge in [0.05, 0.1) is 41.3 Å². The summed E-state index contributed by atoms with van der Waals surface area (Å²) in [5.41, 5.74) is -0.305. The molecule has 0 radical (unpaired) electrons. The number of rotatable bonds is 7. The molecule has 10 heteroatoms. The molecule has 1 aromatic heterocycles. The van der Waals surface area contributed by atoms with Crippen molar-refractivity contribution in [2.45, 2.75) is 31.8 Å². The summed E-state index contributed by atoms with van der Waals surface area (Å²) in [5, 5.41) is 22.1. The highest BCUT2D eigenvalue weighted by atomic mass is 35.5. The lowest BCUT2D eigenvalue weighted by Crippen LogP contribution is -2.44. The zero-order valence-electron chi connectivity index (χ0n) is 20.6. The minimum absolute atomic E-state index is 0.173. The Balaban J connectivity index is 1.42. The van der Waals surface area contributed by atoms with Gasteiger partial charge in [-0.25, -0.2) is 13.2 Å². The van der Waals surface area contributed by atoms with Crippen molar-refractivity contribution < 1.29 is 32.9 Å². The maximum absolute atomic E-state index is 13.8. The molecule has 6 nitrogen and oxygen atoms in total. The fraction of sp³-hybridized carbons (Fsp3) is 0.357. The molecule has 1 aliphatic rings. The molecule has 4 rings (SSSR count). The first kappa shape index (κ1) is 27.7. The topological polar surface area (TPSA) is 82.9 Å². The summed E-state index contributed by atoms with van der Waals surface area (Å²) in [4.78, 5) is 18.5. The third-order valence-electron chi connectivity index (χ3n) is 7.08. The van der Waals surface area contributed by atoms with Crippen molar-refractivity contribution in [3.63, 3.8) is 0 Å². The van der Waals surface area contributed by atoms with E-state index in [2.05, 4.69) is 16.8 Å². The number of ether oxygens (including phenoxy) is 1. The van der Waals surface area contributed by atoms with Gasteiger partial charge in [-0.15, -0.1) is 0 Å². The first-order chi connectivity index (χ1) is 18.1. The minimum Gasteiger partial charge on any atom is -0.497 e. The zero-order valence-corrected chi connectivity index (χ0v) is 21.4. The second-order valence-electron chi connectivity index (χ2n) is 9.37. The van der Waals surface area contributed by atoms with Gasteiger partial charge < -0.3 is 14.9 Å². The molecule has 2 heterocycles. The Hall–Kier alpha value is -3.32. The van der Waals surface area contributed by atoms with E-state index in [9.17, 15) is 28.2 Å². The summed E-state index contributed by atoms with van der Waals surface area (Å²) in [7, 11) is 1.53. The van der Waals surface area contributed by atoms with Crippen LogP contribution < -0.4 is 4.74 Å². The highest BCUT2D eigenvalue weighted by Gasteiger charge is 2.41. The number of benzene rings is 2. The Morgan fingerprint density at radius 1 is 1.24 bits per heavy atom. The summed E-state index contributed by atoms with van der Waals surface area (Å²) in [5.74, 6) is 1.37. The quantitative estimate of drug-likeness (QED) is 0.307. The van der Waals surface area contributed by atoms with Crippen LogP contribution >= 0.6 is 11.6 Å². The smallest absolute Gasteiger partial charge is 0.309 e. The molecule has 0 aliphatic carbocycles. The number of piperidine rings is 1. The number of likely N-dealkylation sites (tertiary alicyclic amines) is 1. The van der Waals surface area contributed by atoms with Crippen LogP contribution in [-0.4, -0.2) is 52.8 Å². The number of nitrogens with zero attached hydrogens (tertiary/aromatic N) is 2. The number of carboxylic acids is 1. The summed E-state index contributed by atoms with van der Waals surface area (Å²) < 4.78 is 45.8. The number of aromatic nitrogens is 1. The molecule has 1 aliphatic heterocycles. The SMILES string of the molecule is COc1ccc2ncc(Cl)c([C@@H](O)CCC3(C(=O)O)CCN(CC#Cc4cc(F)cc(F)c4F)CC3)c2c1. The molecule has 3 aromatic rings. The lowest BCUT2D eigenvalue weighted by molar-refractivity contribution is -0.153. The molecule has 1 fully saturated rings. The summed E-state index contributed by atoms with van der Waals surface area (Å²) in [6, 6.07) is 6.54. The van der Waals surface area contributed by atoms with E-state index in [1.165, 1.54) is 13.3 Å². The van der Waals surface area contributed by atoms with E-state index < -0.39 is 34.9 Å². The number of hydrogen-bond donors (Lipinski definition) is 2. The number of aliphatic carboxylic acids is 1. The van der Waals surface area contributed by atoms with Crippen molar-refractivity contribution in [3.8, 4) is 17.6 Å². The maximum Gasteiger partial charge on any atom is 0.309 e. The predicted molar refractivity (Wildman–Crippen MR) is 136 cm³/mol. The molecule has 0 bridgehead atoms. The highest BCUT2D eigenvalue weighted by Crippen LogP contribution is 2.41. The van der Waals surface area contributed by atoms with E-state index in [0.29, 0.717) is 54.2 Å². The summed E-state index contributed by atoms with van der Waals surface area (Å²) in [6.45, 7) is 1.01. The molecule has 1 atom stereocenters. The first-order valence-corrected chi connectivity index (χ1v) is 12.4. The third kappa shape index (κ3) is 5.88. The van der Waals surface area contributed by atoms with Crippen LogP contribution in [0.1, 0.15) is 42.9 Å². The molecule has 2 N–H and O–H groups in total. The second kappa shape index (κ2) is 11.6. The van der Waals surface area contributed by atoms with Gasteiger partial charge in [0, 0.05) is 36.3 Å². The normalized spacial score (nSPS) is 16.1. The van der Waals surface area contributed by atoms with Crippen LogP contribution in [0.25, 0.3) is 10.9 Å². The molecule has 0 unspecified atom stereocenters. The molecule has 0 saturated carbocycles. The van der Waals surface area contributed by atoms with Crippen molar-refractivity contribution >= 4 is 28.5 Å². The standard InChI is InChI=1S/C28H26ClF3N2O4/c1-38-19-4-5-23-20(15-19)25(21(29)16-33-23)24(35)6-7-28(27(36)37)8-11-34(12-9-28)10-2-3-17-13-18(30)14-22(31)26(17)32/h4-5,13-16,24,35H,6-12H2,1H3,(H,36,37)/t24-/m0/s1. The van der Waals surface area contributed by atoms with E-state index in [4.69, 9.17) is 16.3 Å². The van der Waals surface area contributed by atoms with Crippen molar-refractivity contribution in [1.29, 1.82) is 0 Å². The number of fused-ring (bicyclic) bond motifs is 1. The van der Waals surface area contributed by atoms with Crippen LogP contribution in [-0.2, 0) is 4.79 Å². The van der Waals surface area contributed by atoms with Crippen molar-refractivity contribution in [2.24, 2.45) is 5.41 Å². The van der Waals surface area contributed by atoms with Crippen LogP contribution in [0.3, 0.4) is 0 Å². The number of pyridine rings is 1. The van der Waals surface area contributed by atoms with Gasteiger partial charge in [-0.05, 0) is 49.9 Å². The molecule has 0 amide bonds. The lowest BCUT2D eigenvalue weighted by atomic mass is 9.74. The van der Waals surface area contributed by atoms with Crippen LogP contribution in [0.2, 0.25) is 5.02 Å². The molecule has 200 valence electrons. The van der Waals surface area contributed by atoms with Crippen molar-refractivity contribution in [1.82, 2.24) is 9.88 Å². The fourth-order valence-corrected chi connectivity index (χ4v) is 5.07. The van der Waals surface area contributed by atoms with Crippen molar-refractivity contribution in [3.05, 3.63) is 70.1 Å². The monoisotopic (exact) mass is 546 g/mol. The van der Waals surface area contributed by atoms with E-state index in [1.54, 1.807) is 18.2 Å². The number of aliphatic hydroxyl groups is 1. The molecule has 0 spiro atoms. The Morgan fingerprint density at radius 3 is 2.66 bits per heavy atom. The third-order valence-corrected chi connectivity index (χ3v) is 7.38. The molecule has 1 saturated heterocycles.